The van der Waals surface area contributed by atoms with Gasteiger partial charge in [0.15, 0.2) is 0 Å². The average Bonchev–Trinajstić information content (AvgIpc) is 2.91. The van der Waals surface area contributed by atoms with Crippen molar-refractivity contribution in [3.05, 3.63) is 23.3 Å². The fourth-order valence-corrected chi connectivity index (χ4v) is 8.08. The highest BCUT2D eigenvalue weighted by Crippen LogP contribution is 2.43. The van der Waals surface area contributed by atoms with Crippen molar-refractivity contribution >= 4 is 72.3 Å². The average molecular weight is 639 g/mol. The molecule has 0 radical (unpaired) electrons. The standard InChI is InChI=1S/C30H54O2S6/c1-7-29(3,4)25-23-28(32-12-10-16-36-20-22-38-18-14-34)26(30(5,6)8-2)24-27(25)31-11-9-15-35-19-21-37-17-13-33/h23-24,33-34H,7-22H2,1-6H3. The normalized spacial score (nSPS) is 12.2. The first-order valence-electron chi connectivity index (χ1n) is 14.2. The van der Waals surface area contributed by atoms with E-state index in [9.17, 15) is 0 Å². The summed E-state index contributed by atoms with van der Waals surface area (Å²) in [6, 6.07) is 4.61. The van der Waals surface area contributed by atoms with E-state index in [-0.39, 0.29) is 10.8 Å². The van der Waals surface area contributed by atoms with Gasteiger partial charge >= 0.3 is 0 Å². The summed E-state index contributed by atoms with van der Waals surface area (Å²) in [5, 5.41) is 0. The van der Waals surface area contributed by atoms with Crippen LogP contribution in [0.3, 0.4) is 0 Å². The van der Waals surface area contributed by atoms with Gasteiger partial charge in [-0.2, -0.15) is 72.3 Å². The zero-order chi connectivity index (χ0) is 28.3. The summed E-state index contributed by atoms with van der Waals surface area (Å²) in [4.78, 5) is 0. The summed E-state index contributed by atoms with van der Waals surface area (Å²) in [6.45, 7) is 15.4. The van der Waals surface area contributed by atoms with Crippen LogP contribution in [0.4, 0.5) is 0 Å². The van der Waals surface area contributed by atoms with Gasteiger partial charge < -0.3 is 9.47 Å². The van der Waals surface area contributed by atoms with Crippen LogP contribution in [0, 0.1) is 0 Å². The van der Waals surface area contributed by atoms with Crippen LogP contribution in [0.2, 0.25) is 0 Å². The molecule has 1 rings (SSSR count). The number of rotatable bonds is 24. The minimum Gasteiger partial charge on any atom is -0.493 e. The third kappa shape index (κ3) is 14.7. The first-order chi connectivity index (χ1) is 18.2. The van der Waals surface area contributed by atoms with Crippen molar-refractivity contribution in [2.24, 2.45) is 0 Å². The molecule has 0 saturated carbocycles. The van der Waals surface area contributed by atoms with Gasteiger partial charge in [-0.3, -0.25) is 0 Å². The maximum absolute atomic E-state index is 6.51. The topological polar surface area (TPSA) is 18.5 Å². The van der Waals surface area contributed by atoms with Gasteiger partial charge in [-0.05, 0) is 71.7 Å². The lowest BCUT2D eigenvalue weighted by Gasteiger charge is -2.32. The van der Waals surface area contributed by atoms with Crippen LogP contribution < -0.4 is 9.47 Å². The number of thioether (sulfide) groups is 4. The molecule has 0 saturated heterocycles. The van der Waals surface area contributed by atoms with Crippen LogP contribution in [-0.4, -0.2) is 70.7 Å². The van der Waals surface area contributed by atoms with Gasteiger partial charge in [0.2, 0.25) is 0 Å². The molecule has 8 heteroatoms. The minimum absolute atomic E-state index is 0.0296. The second-order valence-corrected chi connectivity index (χ2v) is 16.4. The molecular formula is C30H54O2S6. The molecule has 0 aliphatic rings. The van der Waals surface area contributed by atoms with Crippen LogP contribution >= 0.6 is 72.3 Å². The number of benzene rings is 1. The van der Waals surface area contributed by atoms with Crippen LogP contribution in [-0.2, 0) is 10.8 Å². The lowest BCUT2D eigenvalue weighted by Crippen LogP contribution is -2.22. The maximum atomic E-state index is 6.51. The first kappa shape index (κ1) is 36.9. The van der Waals surface area contributed by atoms with E-state index in [4.69, 9.17) is 9.47 Å². The summed E-state index contributed by atoms with van der Waals surface area (Å²) in [5.41, 5.74) is 2.61. The van der Waals surface area contributed by atoms with E-state index < -0.39 is 0 Å². The van der Waals surface area contributed by atoms with Gasteiger partial charge in [0, 0.05) is 45.6 Å². The van der Waals surface area contributed by atoms with Gasteiger partial charge in [0.1, 0.15) is 11.5 Å². The Morgan fingerprint density at radius 3 is 1.24 bits per heavy atom. The number of ether oxygens (including phenoxy) is 2. The molecule has 38 heavy (non-hydrogen) atoms. The van der Waals surface area contributed by atoms with Crippen molar-refractivity contribution in [3.63, 3.8) is 0 Å². The van der Waals surface area contributed by atoms with Crippen molar-refractivity contribution in [3.8, 4) is 11.5 Å². The molecule has 0 amide bonds. The highest BCUT2D eigenvalue weighted by molar-refractivity contribution is 8.03. The Morgan fingerprint density at radius 2 is 0.921 bits per heavy atom. The maximum Gasteiger partial charge on any atom is 0.123 e. The molecule has 0 heterocycles. The molecule has 0 atom stereocenters. The van der Waals surface area contributed by atoms with Crippen molar-refractivity contribution in [1.29, 1.82) is 0 Å². The van der Waals surface area contributed by atoms with Crippen molar-refractivity contribution in [2.75, 3.05) is 70.7 Å². The summed E-state index contributed by atoms with van der Waals surface area (Å²) in [7, 11) is 0. The van der Waals surface area contributed by atoms with Gasteiger partial charge in [-0.15, -0.1) is 0 Å². The van der Waals surface area contributed by atoms with E-state index in [1.807, 2.05) is 47.0 Å². The van der Waals surface area contributed by atoms with E-state index in [2.05, 4.69) is 78.9 Å². The molecule has 1 aromatic rings. The lowest BCUT2D eigenvalue weighted by molar-refractivity contribution is 0.291. The third-order valence-electron chi connectivity index (χ3n) is 6.90. The molecule has 2 nitrogen and oxygen atoms in total. The molecule has 0 bridgehead atoms. The molecule has 0 unspecified atom stereocenters. The van der Waals surface area contributed by atoms with Crippen molar-refractivity contribution < 1.29 is 9.47 Å². The van der Waals surface area contributed by atoms with Crippen LogP contribution in [0.25, 0.3) is 0 Å². The molecule has 0 fully saturated rings. The number of hydrogen-bond donors (Lipinski definition) is 2. The van der Waals surface area contributed by atoms with Gasteiger partial charge in [-0.25, -0.2) is 0 Å². The molecule has 0 N–H and O–H groups in total. The monoisotopic (exact) mass is 638 g/mol. The van der Waals surface area contributed by atoms with Crippen molar-refractivity contribution in [1.82, 2.24) is 0 Å². The summed E-state index contributed by atoms with van der Waals surface area (Å²) < 4.78 is 13.0. The molecule has 0 spiro atoms. The van der Waals surface area contributed by atoms with Crippen LogP contribution in [0.5, 0.6) is 11.5 Å². The molecule has 0 aromatic heterocycles. The molecule has 0 aliphatic carbocycles. The highest BCUT2D eigenvalue weighted by Gasteiger charge is 2.29. The zero-order valence-corrected chi connectivity index (χ0v) is 29.9. The Morgan fingerprint density at radius 1 is 0.579 bits per heavy atom. The van der Waals surface area contributed by atoms with E-state index >= 15 is 0 Å². The fraction of sp³-hybridized carbons (Fsp3) is 0.800. The van der Waals surface area contributed by atoms with Gasteiger partial charge in [0.05, 0.1) is 13.2 Å². The Labute approximate surface area is 263 Å². The first-order valence-corrected chi connectivity index (χ1v) is 20.1. The Kier molecular flexibility index (Phi) is 21.0. The predicted molar refractivity (Wildman–Crippen MR) is 190 cm³/mol. The second kappa shape index (κ2) is 21.6. The molecule has 1 aromatic carbocycles. The minimum atomic E-state index is 0.0296. The number of thiol groups is 2. The molecular weight excluding hydrogens is 585 g/mol. The van der Waals surface area contributed by atoms with Crippen molar-refractivity contribution in [2.45, 2.75) is 78.1 Å². The van der Waals surface area contributed by atoms with Gasteiger partial charge in [0.25, 0.3) is 0 Å². The van der Waals surface area contributed by atoms with E-state index in [0.717, 1.165) is 84.9 Å². The molecule has 0 aliphatic heterocycles. The SMILES string of the molecule is CCC(C)(C)c1cc(OCCCSCCSCCS)c(C(C)(C)CC)cc1OCCCSCCSCCS. The van der Waals surface area contributed by atoms with E-state index in [1.165, 1.54) is 34.1 Å². The second-order valence-electron chi connectivity index (χ2n) is 10.6. The Bertz CT molecular complexity index is 680. The van der Waals surface area contributed by atoms with Crippen LogP contribution in [0.15, 0.2) is 12.1 Å². The van der Waals surface area contributed by atoms with E-state index in [0.29, 0.717) is 0 Å². The Hall–Kier alpha value is 0.920. The smallest absolute Gasteiger partial charge is 0.123 e. The van der Waals surface area contributed by atoms with E-state index in [1.54, 1.807) is 0 Å². The number of hydrogen-bond acceptors (Lipinski definition) is 8. The lowest BCUT2D eigenvalue weighted by atomic mass is 9.77. The van der Waals surface area contributed by atoms with Gasteiger partial charge in [-0.1, -0.05) is 41.5 Å². The zero-order valence-electron chi connectivity index (χ0n) is 24.8. The highest BCUT2D eigenvalue weighted by atomic mass is 32.2. The quantitative estimate of drug-likeness (QED) is 0.0862. The Balaban J connectivity index is 2.85. The third-order valence-corrected chi connectivity index (χ3v) is 12.6. The summed E-state index contributed by atoms with van der Waals surface area (Å²) in [6.07, 6.45) is 4.26. The predicted octanol–water partition coefficient (Wildman–Crippen LogP) is 9.39. The largest absolute Gasteiger partial charge is 0.493 e. The molecule has 222 valence electrons. The van der Waals surface area contributed by atoms with Crippen LogP contribution in [0.1, 0.15) is 78.4 Å². The fourth-order valence-electron chi connectivity index (χ4n) is 3.70. The summed E-state index contributed by atoms with van der Waals surface area (Å²) in [5.74, 6) is 13.5. The summed E-state index contributed by atoms with van der Waals surface area (Å²) >= 11 is 16.6.